The van der Waals surface area contributed by atoms with Crippen LogP contribution in [0.1, 0.15) is 31.4 Å². The third-order valence-corrected chi connectivity index (χ3v) is 2.30. The molecular weight excluding hydrogens is 186 g/mol. The highest BCUT2D eigenvalue weighted by molar-refractivity contribution is 6.32. The second-order valence-electron chi connectivity index (χ2n) is 3.11. The van der Waals surface area contributed by atoms with Gasteiger partial charge in [0.15, 0.2) is 0 Å². The van der Waals surface area contributed by atoms with Gasteiger partial charge in [0.05, 0.1) is 5.02 Å². The molecule has 0 saturated carbocycles. The van der Waals surface area contributed by atoms with E-state index in [9.17, 15) is 5.11 Å². The van der Waals surface area contributed by atoms with Crippen molar-refractivity contribution in [2.45, 2.75) is 25.8 Å². The number of nitrogens with two attached hydrogens (primary N) is 1. The van der Waals surface area contributed by atoms with Crippen LogP contribution in [-0.2, 0) is 0 Å². The molecule has 72 valence electrons. The van der Waals surface area contributed by atoms with Crippen molar-refractivity contribution in [2.75, 3.05) is 0 Å². The Morgan fingerprint density at radius 1 is 1.54 bits per heavy atom. The van der Waals surface area contributed by atoms with Gasteiger partial charge >= 0.3 is 0 Å². The summed E-state index contributed by atoms with van der Waals surface area (Å²) in [5.41, 5.74) is 6.86. The Balaban J connectivity index is 2.84. The summed E-state index contributed by atoms with van der Waals surface area (Å²) in [6.45, 7) is 2.09. The molecule has 2 nitrogen and oxygen atoms in total. The second-order valence-corrected chi connectivity index (χ2v) is 3.51. The van der Waals surface area contributed by atoms with Crippen LogP contribution in [0.15, 0.2) is 18.2 Å². The summed E-state index contributed by atoms with van der Waals surface area (Å²) >= 11 is 5.75. The summed E-state index contributed by atoms with van der Waals surface area (Å²) in [5.74, 6) is 0.106. The molecule has 0 saturated heterocycles. The highest BCUT2D eigenvalue weighted by atomic mass is 35.5. The lowest BCUT2D eigenvalue weighted by molar-refractivity contribution is 0.475. The molecule has 0 aliphatic heterocycles. The SMILES string of the molecule is CCCC(N)c1ccc(O)c(Cl)c1. The van der Waals surface area contributed by atoms with Crippen LogP contribution in [-0.4, -0.2) is 5.11 Å². The first-order valence-electron chi connectivity index (χ1n) is 4.39. The molecule has 1 unspecified atom stereocenters. The van der Waals surface area contributed by atoms with Crippen LogP contribution in [0.25, 0.3) is 0 Å². The number of phenolic OH excluding ortho intramolecular Hbond substituents is 1. The average Bonchev–Trinajstić information content (AvgIpc) is 2.10. The van der Waals surface area contributed by atoms with Crippen LogP contribution in [0.3, 0.4) is 0 Å². The van der Waals surface area contributed by atoms with Crippen molar-refractivity contribution in [3.05, 3.63) is 28.8 Å². The van der Waals surface area contributed by atoms with Gasteiger partial charge in [0, 0.05) is 6.04 Å². The molecular formula is C10H14ClNO. The van der Waals surface area contributed by atoms with E-state index < -0.39 is 0 Å². The van der Waals surface area contributed by atoms with Gasteiger partial charge < -0.3 is 10.8 Å². The van der Waals surface area contributed by atoms with E-state index in [1.54, 1.807) is 12.1 Å². The van der Waals surface area contributed by atoms with E-state index >= 15 is 0 Å². The molecule has 1 rings (SSSR count). The summed E-state index contributed by atoms with van der Waals surface area (Å²) in [4.78, 5) is 0. The third kappa shape index (κ3) is 2.61. The van der Waals surface area contributed by atoms with Crippen molar-refractivity contribution in [1.29, 1.82) is 0 Å². The Bertz CT molecular complexity index is 288. The topological polar surface area (TPSA) is 46.2 Å². The molecule has 0 radical (unpaired) electrons. The smallest absolute Gasteiger partial charge is 0.134 e. The van der Waals surface area contributed by atoms with Crippen LogP contribution in [0.5, 0.6) is 5.75 Å². The van der Waals surface area contributed by atoms with Crippen molar-refractivity contribution >= 4 is 11.6 Å². The van der Waals surface area contributed by atoms with Gasteiger partial charge in [-0.3, -0.25) is 0 Å². The van der Waals surface area contributed by atoms with Crippen molar-refractivity contribution in [3.8, 4) is 5.75 Å². The Labute approximate surface area is 83.3 Å². The van der Waals surface area contributed by atoms with E-state index in [1.165, 1.54) is 0 Å². The Morgan fingerprint density at radius 2 is 2.23 bits per heavy atom. The maximum absolute atomic E-state index is 9.18. The summed E-state index contributed by atoms with van der Waals surface area (Å²) in [7, 11) is 0. The molecule has 1 aromatic rings. The predicted molar refractivity (Wildman–Crippen MR) is 55.0 cm³/mol. The predicted octanol–water partition coefficient (Wildman–Crippen LogP) is 2.85. The lowest BCUT2D eigenvalue weighted by atomic mass is 10.0. The molecule has 0 amide bonds. The van der Waals surface area contributed by atoms with Crippen LogP contribution < -0.4 is 5.73 Å². The van der Waals surface area contributed by atoms with E-state index in [-0.39, 0.29) is 11.8 Å². The van der Waals surface area contributed by atoms with Crippen LogP contribution in [0.4, 0.5) is 0 Å². The lowest BCUT2D eigenvalue weighted by Crippen LogP contribution is -2.09. The van der Waals surface area contributed by atoms with Crippen molar-refractivity contribution < 1.29 is 5.11 Å². The molecule has 0 fully saturated rings. The zero-order chi connectivity index (χ0) is 9.84. The van der Waals surface area contributed by atoms with Gasteiger partial charge in [-0.05, 0) is 24.1 Å². The summed E-state index contributed by atoms with van der Waals surface area (Å²) in [6.07, 6.45) is 1.97. The van der Waals surface area contributed by atoms with E-state index in [1.807, 2.05) is 6.07 Å². The molecule has 0 bridgehead atoms. The number of phenols is 1. The normalized spacial score (nSPS) is 12.8. The molecule has 3 heteroatoms. The molecule has 0 aliphatic carbocycles. The number of benzene rings is 1. The zero-order valence-electron chi connectivity index (χ0n) is 7.63. The van der Waals surface area contributed by atoms with Crippen LogP contribution >= 0.6 is 11.6 Å². The first kappa shape index (κ1) is 10.4. The average molecular weight is 200 g/mol. The summed E-state index contributed by atoms with van der Waals surface area (Å²) in [6, 6.07) is 5.12. The quantitative estimate of drug-likeness (QED) is 0.787. The lowest BCUT2D eigenvalue weighted by Gasteiger charge is -2.11. The molecule has 13 heavy (non-hydrogen) atoms. The third-order valence-electron chi connectivity index (χ3n) is 2.00. The van der Waals surface area contributed by atoms with Crippen molar-refractivity contribution in [1.82, 2.24) is 0 Å². The zero-order valence-corrected chi connectivity index (χ0v) is 8.38. The molecule has 1 atom stereocenters. The van der Waals surface area contributed by atoms with Gasteiger partial charge in [-0.15, -0.1) is 0 Å². The van der Waals surface area contributed by atoms with Gasteiger partial charge in [0.2, 0.25) is 0 Å². The molecule has 0 spiro atoms. The second kappa shape index (κ2) is 4.49. The van der Waals surface area contributed by atoms with Crippen LogP contribution in [0.2, 0.25) is 5.02 Å². The number of rotatable bonds is 3. The Morgan fingerprint density at radius 3 is 2.77 bits per heavy atom. The van der Waals surface area contributed by atoms with Crippen LogP contribution in [0, 0.1) is 0 Å². The number of halogens is 1. The molecule has 1 aromatic carbocycles. The fourth-order valence-electron chi connectivity index (χ4n) is 1.23. The maximum atomic E-state index is 9.18. The molecule has 0 aromatic heterocycles. The molecule has 0 aliphatic rings. The Hall–Kier alpha value is -0.730. The van der Waals surface area contributed by atoms with E-state index in [0.29, 0.717) is 5.02 Å². The first-order valence-corrected chi connectivity index (χ1v) is 4.77. The number of hydrogen-bond acceptors (Lipinski definition) is 2. The number of hydrogen-bond donors (Lipinski definition) is 2. The van der Waals surface area contributed by atoms with Gasteiger partial charge in [-0.25, -0.2) is 0 Å². The van der Waals surface area contributed by atoms with Gasteiger partial charge in [0.25, 0.3) is 0 Å². The standard InChI is InChI=1S/C10H14ClNO/c1-2-3-9(12)7-4-5-10(13)8(11)6-7/h4-6,9,13H,2-3,12H2,1H3. The highest BCUT2D eigenvalue weighted by Crippen LogP contribution is 2.27. The van der Waals surface area contributed by atoms with Gasteiger partial charge in [-0.2, -0.15) is 0 Å². The monoisotopic (exact) mass is 199 g/mol. The summed E-state index contributed by atoms with van der Waals surface area (Å²) < 4.78 is 0. The van der Waals surface area contributed by atoms with Gasteiger partial charge in [-0.1, -0.05) is 31.0 Å². The minimum atomic E-state index is 0.0168. The molecule has 3 N–H and O–H groups in total. The Kier molecular flexibility index (Phi) is 3.58. The van der Waals surface area contributed by atoms with E-state index in [2.05, 4.69) is 6.92 Å². The highest BCUT2D eigenvalue weighted by Gasteiger charge is 2.06. The largest absolute Gasteiger partial charge is 0.506 e. The fraction of sp³-hybridized carbons (Fsp3) is 0.400. The minimum absolute atomic E-state index is 0.0168. The van der Waals surface area contributed by atoms with Gasteiger partial charge in [0.1, 0.15) is 5.75 Å². The van der Waals surface area contributed by atoms with Crippen molar-refractivity contribution in [3.63, 3.8) is 0 Å². The van der Waals surface area contributed by atoms with Crippen molar-refractivity contribution in [2.24, 2.45) is 5.73 Å². The fourth-order valence-corrected chi connectivity index (χ4v) is 1.42. The maximum Gasteiger partial charge on any atom is 0.134 e. The number of aromatic hydroxyl groups is 1. The van der Waals surface area contributed by atoms with E-state index in [4.69, 9.17) is 17.3 Å². The first-order chi connectivity index (χ1) is 6.15. The minimum Gasteiger partial charge on any atom is -0.506 e. The molecule has 0 heterocycles. The van der Waals surface area contributed by atoms with E-state index in [0.717, 1.165) is 18.4 Å². The summed E-state index contributed by atoms with van der Waals surface area (Å²) in [5, 5.41) is 9.55.